The molecule has 25 heavy (non-hydrogen) atoms. The van der Waals surface area contributed by atoms with Crippen molar-refractivity contribution >= 4 is 51.5 Å². The number of carbonyl (C=O) groups excluding carboxylic acids is 2. The summed E-state index contributed by atoms with van der Waals surface area (Å²) in [5.41, 5.74) is 1.48. The van der Waals surface area contributed by atoms with Crippen molar-refractivity contribution in [2.24, 2.45) is 0 Å². The Hall–Kier alpha value is -1.63. The van der Waals surface area contributed by atoms with Crippen molar-refractivity contribution in [2.75, 3.05) is 11.9 Å². The van der Waals surface area contributed by atoms with Gasteiger partial charge in [-0.15, -0.1) is 11.3 Å². The van der Waals surface area contributed by atoms with Gasteiger partial charge in [0.05, 0.1) is 10.7 Å². The second-order valence-corrected chi connectivity index (χ2v) is 7.95. The molecule has 5 nitrogen and oxygen atoms in total. The Morgan fingerprint density at radius 1 is 1.40 bits per heavy atom. The molecule has 2 amide bonds. The molecule has 0 spiro atoms. The average molecular weight is 398 g/mol. The molecule has 1 fully saturated rings. The van der Waals surface area contributed by atoms with E-state index in [2.05, 4.69) is 10.3 Å². The maximum Gasteiger partial charge on any atom is 0.248 e. The normalized spacial score (nSPS) is 15.5. The lowest BCUT2D eigenvalue weighted by atomic mass is 10.1. The molecule has 0 aliphatic carbocycles. The molecule has 8 heteroatoms. The minimum Gasteiger partial charge on any atom is -0.331 e. The molecule has 0 saturated carbocycles. The summed E-state index contributed by atoms with van der Waals surface area (Å²) in [5, 5.41) is 4.36. The predicted molar refractivity (Wildman–Crippen MR) is 101 cm³/mol. The molecule has 132 valence electrons. The van der Waals surface area contributed by atoms with Crippen LogP contribution in [0.3, 0.4) is 0 Å². The molecule has 1 N–H and O–H groups in total. The van der Waals surface area contributed by atoms with E-state index < -0.39 is 6.04 Å². The van der Waals surface area contributed by atoms with Gasteiger partial charge in [0.2, 0.25) is 11.8 Å². The number of nitrogens with zero attached hydrogens (tertiary/aromatic N) is 2. The van der Waals surface area contributed by atoms with Crippen LogP contribution in [-0.4, -0.2) is 34.3 Å². The van der Waals surface area contributed by atoms with Gasteiger partial charge in [-0.2, -0.15) is 0 Å². The highest BCUT2D eigenvalue weighted by molar-refractivity contribution is 7.16. The summed E-state index contributed by atoms with van der Waals surface area (Å²) in [6, 6.07) is 4.71. The number of benzene rings is 1. The van der Waals surface area contributed by atoms with Crippen molar-refractivity contribution < 1.29 is 9.59 Å². The van der Waals surface area contributed by atoms with Gasteiger partial charge in [-0.25, -0.2) is 4.98 Å². The van der Waals surface area contributed by atoms with Gasteiger partial charge in [0, 0.05) is 28.4 Å². The minimum absolute atomic E-state index is 0.0200. The van der Waals surface area contributed by atoms with Gasteiger partial charge in [-0.1, -0.05) is 23.2 Å². The highest BCUT2D eigenvalue weighted by atomic mass is 35.5. The lowest BCUT2D eigenvalue weighted by Gasteiger charge is -2.22. The van der Waals surface area contributed by atoms with Crippen LogP contribution in [0.4, 0.5) is 5.13 Å². The van der Waals surface area contributed by atoms with Crippen LogP contribution >= 0.6 is 34.5 Å². The fourth-order valence-electron chi connectivity index (χ4n) is 2.81. The largest absolute Gasteiger partial charge is 0.331 e. The van der Waals surface area contributed by atoms with Gasteiger partial charge in [-0.3, -0.25) is 9.59 Å². The molecule has 1 aliphatic heterocycles. The Balaban J connectivity index is 1.78. The molecular formula is C17H17Cl2N3O2S. The van der Waals surface area contributed by atoms with Gasteiger partial charge >= 0.3 is 0 Å². The molecule has 1 atom stereocenters. The smallest absolute Gasteiger partial charge is 0.248 e. The quantitative estimate of drug-likeness (QED) is 0.832. The third kappa shape index (κ3) is 3.81. The number of thiazole rings is 1. The SMILES string of the molecule is Cc1sc(NC(=O)C(C)N2CCCC2=O)nc1-c1ccc(Cl)cc1Cl. The van der Waals surface area contributed by atoms with Crippen LogP contribution in [-0.2, 0) is 9.59 Å². The number of amides is 2. The van der Waals surface area contributed by atoms with E-state index in [0.717, 1.165) is 16.9 Å². The number of hydrogen-bond acceptors (Lipinski definition) is 4. The van der Waals surface area contributed by atoms with E-state index in [1.54, 1.807) is 24.0 Å². The summed E-state index contributed by atoms with van der Waals surface area (Å²) in [4.78, 5) is 31.3. The molecule has 2 aromatic rings. The predicted octanol–water partition coefficient (Wildman–Crippen LogP) is 4.37. The summed E-state index contributed by atoms with van der Waals surface area (Å²) in [7, 11) is 0. The summed E-state index contributed by atoms with van der Waals surface area (Å²) >= 11 is 13.6. The Labute approximate surface area is 160 Å². The van der Waals surface area contributed by atoms with Crippen molar-refractivity contribution in [3.05, 3.63) is 33.1 Å². The molecule has 1 aliphatic rings. The molecule has 3 rings (SSSR count). The van der Waals surface area contributed by atoms with Gasteiger partial charge in [0.1, 0.15) is 6.04 Å². The van der Waals surface area contributed by atoms with Crippen LogP contribution in [0.2, 0.25) is 10.0 Å². The Kier molecular flexibility index (Phi) is 5.32. The molecule has 1 aromatic carbocycles. The van der Waals surface area contributed by atoms with Crippen LogP contribution in [0.15, 0.2) is 18.2 Å². The second kappa shape index (κ2) is 7.32. The average Bonchev–Trinajstić information content (AvgIpc) is 3.12. The number of aryl methyl sites for hydroxylation is 1. The number of halogens is 2. The van der Waals surface area contributed by atoms with Crippen LogP contribution in [0.25, 0.3) is 11.3 Å². The van der Waals surface area contributed by atoms with Crippen LogP contribution in [0.1, 0.15) is 24.6 Å². The summed E-state index contributed by atoms with van der Waals surface area (Å²) in [5.74, 6) is -0.218. The number of hydrogen-bond donors (Lipinski definition) is 1. The minimum atomic E-state index is -0.512. The maximum absolute atomic E-state index is 12.4. The van der Waals surface area contributed by atoms with E-state index in [0.29, 0.717) is 33.8 Å². The summed E-state index contributed by atoms with van der Waals surface area (Å²) < 4.78 is 0. The number of anilines is 1. The van der Waals surface area contributed by atoms with Crippen molar-refractivity contribution in [2.45, 2.75) is 32.7 Å². The lowest BCUT2D eigenvalue weighted by molar-refractivity contribution is -0.134. The number of aromatic nitrogens is 1. The van der Waals surface area contributed by atoms with Gasteiger partial charge in [-0.05, 0) is 38.5 Å². The fourth-order valence-corrected chi connectivity index (χ4v) is 4.14. The molecule has 1 saturated heterocycles. The van der Waals surface area contributed by atoms with E-state index in [-0.39, 0.29) is 11.8 Å². The highest BCUT2D eigenvalue weighted by Gasteiger charge is 2.30. The van der Waals surface area contributed by atoms with Crippen molar-refractivity contribution in [3.8, 4) is 11.3 Å². The molecule has 1 aromatic heterocycles. The van der Waals surface area contributed by atoms with E-state index >= 15 is 0 Å². The zero-order valence-electron chi connectivity index (χ0n) is 13.8. The molecule has 2 heterocycles. The first-order valence-electron chi connectivity index (χ1n) is 7.90. The van der Waals surface area contributed by atoms with Gasteiger partial charge in [0.15, 0.2) is 5.13 Å². The van der Waals surface area contributed by atoms with Crippen LogP contribution < -0.4 is 5.32 Å². The van der Waals surface area contributed by atoms with E-state index in [4.69, 9.17) is 23.2 Å². The third-order valence-electron chi connectivity index (χ3n) is 4.17. The third-order valence-corrected chi connectivity index (χ3v) is 5.60. The van der Waals surface area contributed by atoms with E-state index in [9.17, 15) is 9.59 Å². The Morgan fingerprint density at radius 3 is 2.80 bits per heavy atom. The Bertz CT molecular complexity index is 837. The van der Waals surface area contributed by atoms with Gasteiger partial charge < -0.3 is 10.2 Å². The maximum atomic E-state index is 12.4. The van der Waals surface area contributed by atoms with Crippen molar-refractivity contribution in [3.63, 3.8) is 0 Å². The number of likely N-dealkylation sites (tertiary alicyclic amines) is 1. The number of rotatable bonds is 4. The van der Waals surface area contributed by atoms with E-state index in [1.807, 2.05) is 13.0 Å². The number of carbonyl (C=O) groups is 2. The topological polar surface area (TPSA) is 62.3 Å². The molecule has 0 radical (unpaired) electrons. The first kappa shape index (κ1) is 18.2. The molecule has 0 bridgehead atoms. The second-order valence-electron chi connectivity index (χ2n) is 5.90. The van der Waals surface area contributed by atoms with Gasteiger partial charge in [0.25, 0.3) is 0 Å². The van der Waals surface area contributed by atoms with Crippen molar-refractivity contribution in [1.82, 2.24) is 9.88 Å². The highest BCUT2D eigenvalue weighted by Crippen LogP contribution is 2.35. The Morgan fingerprint density at radius 2 is 2.16 bits per heavy atom. The number of nitrogens with one attached hydrogen (secondary N) is 1. The van der Waals surface area contributed by atoms with Crippen LogP contribution in [0.5, 0.6) is 0 Å². The zero-order valence-corrected chi connectivity index (χ0v) is 16.1. The first-order chi connectivity index (χ1) is 11.9. The van der Waals surface area contributed by atoms with Crippen LogP contribution in [0, 0.1) is 6.92 Å². The monoisotopic (exact) mass is 397 g/mol. The summed E-state index contributed by atoms with van der Waals surface area (Å²) in [6.07, 6.45) is 1.30. The summed E-state index contributed by atoms with van der Waals surface area (Å²) in [6.45, 7) is 4.27. The molecule has 1 unspecified atom stereocenters. The first-order valence-corrected chi connectivity index (χ1v) is 9.47. The molecular weight excluding hydrogens is 381 g/mol. The standard InChI is InChI=1S/C17H17Cl2N3O2S/c1-9(22-7-3-4-14(22)23)16(24)21-17-20-15(10(2)25-17)12-6-5-11(18)8-13(12)19/h5-6,8-9H,3-4,7H2,1-2H3,(H,20,21,24). The van der Waals surface area contributed by atoms with Crippen molar-refractivity contribution in [1.29, 1.82) is 0 Å². The lowest BCUT2D eigenvalue weighted by Crippen LogP contribution is -2.42. The van der Waals surface area contributed by atoms with E-state index in [1.165, 1.54) is 11.3 Å². The zero-order chi connectivity index (χ0) is 18.1. The fraction of sp³-hybridized carbons (Fsp3) is 0.353.